The van der Waals surface area contributed by atoms with Crippen molar-refractivity contribution in [3.8, 4) is 0 Å². The second-order valence-corrected chi connectivity index (χ2v) is 5.30. The Balaban J connectivity index is 1.97. The average Bonchev–Trinajstić information content (AvgIpc) is 2.06. The fourth-order valence-electron chi connectivity index (χ4n) is 1.22. The first-order chi connectivity index (χ1) is 6.55. The predicted octanol–water partition coefficient (Wildman–Crippen LogP) is -0.175. The minimum atomic E-state index is -2.85. The molecule has 76 valence electrons. The first-order valence-corrected chi connectivity index (χ1v) is 5.82. The van der Waals surface area contributed by atoms with Gasteiger partial charge in [-0.15, -0.1) is 0 Å². The highest BCUT2D eigenvalue weighted by Crippen LogP contribution is 2.14. The van der Waals surface area contributed by atoms with Crippen LogP contribution in [0.2, 0.25) is 0 Å². The van der Waals surface area contributed by atoms with Gasteiger partial charge in [0.25, 0.3) is 0 Å². The maximum absolute atomic E-state index is 12.4. The zero-order valence-electron chi connectivity index (χ0n) is 7.14. The summed E-state index contributed by atoms with van der Waals surface area (Å²) in [5.74, 6) is -0.0790. The van der Waals surface area contributed by atoms with Crippen molar-refractivity contribution in [1.82, 2.24) is 9.97 Å². The van der Waals surface area contributed by atoms with Crippen molar-refractivity contribution in [3.05, 3.63) is 18.2 Å². The van der Waals surface area contributed by atoms with Crippen LogP contribution in [0.3, 0.4) is 0 Å². The molecule has 0 radical (unpaired) electrons. The smallest absolute Gasteiger partial charge is 0.223 e. The van der Waals surface area contributed by atoms with Gasteiger partial charge in [-0.05, 0) is 0 Å². The monoisotopic (exact) mass is 217 g/mol. The third kappa shape index (κ3) is 1.98. The molecule has 1 aliphatic heterocycles. The number of rotatable bonds is 2. The lowest BCUT2D eigenvalue weighted by molar-refractivity contribution is 0.569. The van der Waals surface area contributed by atoms with Gasteiger partial charge in [-0.25, -0.2) is 22.8 Å². The highest BCUT2D eigenvalue weighted by Gasteiger charge is 2.33. The molecule has 0 bridgehead atoms. The molecule has 14 heavy (non-hydrogen) atoms. The lowest BCUT2D eigenvalue weighted by Gasteiger charge is -2.26. The van der Waals surface area contributed by atoms with Gasteiger partial charge in [0, 0.05) is 0 Å². The van der Waals surface area contributed by atoms with E-state index in [-0.39, 0.29) is 23.5 Å². The van der Waals surface area contributed by atoms with Crippen LogP contribution < -0.4 is 5.32 Å². The van der Waals surface area contributed by atoms with E-state index in [1.807, 2.05) is 0 Å². The molecule has 0 unspecified atom stereocenters. The van der Waals surface area contributed by atoms with Gasteiger partial charge in [0.2, 0.25) is 5.95 Å². The standard InChI is InChI=1S/C7H8FN3O2S/c8-5-1-9-7(10-2-5)11-6-3-14(12,13)4-6/h1-2,6H,3-4H2,(H,9,10,11). The van der Waals surface area contributed by atoms with Crippen LogP contribution in [-0.2, 0) is 9.84 Å². The lowest BCUT2D eigenvalue weighted by atomic mass is 10.4. The Hall–Kier alpha value is -1.24. The summed E-state index contributed by atoms with van der Waals surface area (Å²) in [6.07, 6.45) is 2.06. The van der Waals surface area contributed by atoms with E-state index >= 15 is 0 Å². The number of hydrogen-bond donors (Lipinski definition) is 1. The van der Waals surface area contributed by atoms with Crippen LogP contribution in [0.25, 0.3) is 0 Å². The Morgan fingerprint density at radius 2 is 1.93 bits per heavy atom. The summed E-state index contributed by atoms with van der Waals surface area (Å²) in [7, 11) is -2.85. The molecule has 0 aromatic carbocycles. The molecule has 1 aliphatic rings. The van der Waals surface area contributed by atoms with E-state index in [0.717, 1.165) is 12.4 Å². The van der Waals surface area contributed by atoms with E-state index in [1.165, 1.54) is 0 Å². The summed E-state index contributed by atoms with van der Waals surface area (Å²) in [5, 5.41) is 2.79. The minimum Gasteiger partial charge on any atom is -0.349 e. The predicted molar refractivity (Wildman–Crippen MR) is 48.1 cm³/mol. The van der Waals surface area contributed by atoms with Crippen molar-refractivity contribution in [2.45, 2.75) is 6.04 Å². The van der Waals surface area contributed by atoms with E-state index in [4.69, 9.17) is 0 Å². The van der Waals surface area contributed by atoms with Crippen molar-refractivity contribution < 1.29 is 12.8 Å². The van der Waals surface area contributed by atoms with E-state index in [1.54, 1.807) is 0 Å². The maximum atomic E-state index is 12.4. The fourth-order valence-corrected chi connectivity index (χ4v) is 2.51. The molecule has 0 spiro atoms. The largest absolute Gasteiger partial charge is 0.349 e. The Kier molecular flexibility index (Phi) is 2.10. The summed E-state index contributed by atoms with van der Waals surface area (Å²) in [5.41, 5.74) is 0. The molecular formula is C7H8FN3O2S. The molecule has 7 heteroatoms. The number of aromatic nitrogens is 2. The Morgan fingerprint density at radius 1 is 1.36 bits per heavy atom. The fraction of sp³-hybridized carbons (Fsp3) is 0.429. The molecule has 1 fully saturated rings. The van der Waals surface area contributed by atoms with Gasteiger partial charge >= 0.3 is 0 Å². The van der Waals surface area contributed by atoms with Gasteiger partial charge in [0.1, 0.15) is 0 Å². The molecule has 0 aliphatic carbocycles. The third-order valence-electron chi connectivity index (χ3n) is 1.86. The quantitative estimate of drug-likeness (QED) is 0.744. The van der Waals surface area contributed by atoms with Gasteiger partial charge in [-0.1, -0.05) is 0 Å². The molecule has 1 aromatic heterocycles. The van der Waals surface area contributed by atoms with Crippen LogP contribution in [0.1, 0.15) is 0 Å². The Morgan fingerprint density at radius 3 is 2.43 bits per heavy atom. The van der Waals surface area contributed by atoms with E-state index in [2.05, 4.69) is 15.3 Å². The number of anilines is 1. The Labute approximate surface area is 80.3 Å². The van der Waals surface area contributed by atoms with Gasteiger partial charge < -0.3 is 5.32 Å². The molecule has 0 amide bonds. The Bertz CT molecular complexity index is 419. The summed E-state index contributed by atoms with van der Waals surface area (Å²) in [6, 6.07) is -0.148. The first-order valence-electron chi connectivity index (χ1n) is 4.00. The summed E-state index contributed by atoms with van der Waals surface area (Å²) in [6.45, 7) is 0. The first kappa shape index (κ1) is 9.32. The number of sulfone groups is 1. The maximum Gasteiger partial charge on any atom is 0.223 e. The van der Waals surface area contributed by atoms with Crippen LogP contribution in [-0.4, -0.2) is 35.9 Å². The van der Waals surface area contributed by atoms with E-state index < -0.39 is 15.7 Å². The zero-order valence-corrected chi connectivity index (χ0v) is 7.96. The molecule has 2 heterocycles. The van der Waals surface area contributed by atoms with Gasteiger partial charge in [0.15, 0.2) is 15.7 Å². The van der Waals surface area contributed by atoms with Crippen LogP contribution in [0.4, 0.5) is 10.3 Å². The number of hydrogen-bond acceptors (Lipinski definition) is 5. The van der Waals surface area contributed by atoms with Crippen molar-refractivity contribution >= 4 is 15.8 Å². The van der Waals surface area contributed by atoms with Crippen molar-refractivity contribution in [1.29, 1.82) is 0 Å². The lowest BCUT2D eigenvalue weighted by Crippen LogP contribution is -2.46. The molecule has 1 N–H and O–H groups in total. The van der Waals surface area contributed by atoms with Crippen molar-refractivity contribution in [2.75, 3.05) is 16.8 Å². The molecule has 2 rings (SSSR count). The summed E-state index contributed by atoms with van der Waals surface area (Å²) >= 11 is 0. The summed E-state index contributed by atoms with van der Waals surface area (Å²) in [4.78, 5) is 7.31. The van der Waals surface area contributed by atoms with Crippen LogP contribution in [0.5, 0.6) is 0 Å². The topological polar surface area (TPSA) is 72.0 Å². The zero-order chi connectivity index (χ0) is 10.2. The van der Waals surface area contributed by atoms with Crippen LogP contribution >= 0.6 is 0 Å². The normalized spacial score (nSPS) is 20.1. The molecular weight excluding hydrogens is 209 g/mol. The molecule has 1 aromatic rings. The second-order valence-electron chi connectivity index (χ2n) is 3.14. The highest BCUT2D eigenvalue weighted by molar-refractivity contribution is 7.92. The third-order valence-corrected chi connectivity index (χ3v) is 3.68. The van der Waals surface area contributed by atoms with Crippen LogP contribution in [0.15, 0.2) is 12.4 Å². The molecule has 1 saturated heterocycles. The molecule has 5 nitrogen and oxygen atoms in total. The number of nitrogens with zero attached hydrogens (tertiary/aromatic N) is 2. The highest BCUT2D eigenvalue weighted by atomic mass is 32.2. The summed E-state index contributed by atoms with van der Waals surface area (Å²) < 4.78 is 34.0. The minimum absolute atomic E-state index is 0.0910. The van der Waals surface area contributed by atoms with Crippen LogP contribution in [0, 0.1) is 5.82 Å². The second kappa shape index (κ2) is 3.16. The van der Waals surface area contributed by atoms with Gasteiger partial charge in [0.05, 0.1) is 29.9 Å². The number of halogens is 1. The average molecular weight is 217 g/mol. The van der Waals surface area contributed by atoms with Gasteiger partial charge in [-0.3, -0.25) is 0 Å². The van der Waals surface area contributed by atoms with E-state index in [0.29, 0.717) is 0 Å². The van der Waals surface area contributed by atoms with Gasteiger partial charge in [-0.2, -0.15) is 0 Å². The SMILES string of the molecule is O=S1(=O)CC(Nc2ncc(F)cn2)C1. The van der Waals surface area contributed by atoms with Crippen molar-refractivity contribution in [2.24, 2.45) is 0 Å². The van der Waals surface area contributed by atoms with Crippen molar-refractivity contribution in [3.63, 3.8) is 0 Å². The van der Waals surface area contributed by atoms with E-state index in [9.17, 15) is 12.8 Å². The molecule has 0 atom stereocenters. The number of nitrogens with one attached hydrogen (secondary N) is 1. The molecule has 0 saturated carbocycles.